The molecule has 4 heteroatoms. The summed E-state index contributed by atoms with van der Waals surface area (Å²) in [5.74, 6) is 0.720. The molecular formula is C32H34N2O2. The number of urea groups is 1. The van der Waals surface area contributed by atoms with E-state index >= 15 is 0 Å². The molecule has 184 valence electrons. The van der Waals surface area contributed by atoms with E-state index < -0.39 is 5.54 Å². The molecule has 4 nitrogen and oxygen atoms in total. The minimum absolute atomic E-state index is 0.174. The van der Waals surface area contributed by atoms with Crippen LogP contribution in [0.3, 0.4) is 0 Å². The number of hydrogen-bond donors (Lipinski definition) is 0. The molecule has 0 N–H and O–H groups in total. The molecule has 3 amide bonds. The number of amides is 3. The minimum atomic E-state index is -0.903. The van der Waals surface area contributed by atoms with Crippen LogP contribution < -0.4 is 4.90 Å². The highest BCUT2D eigenvalue weighted by Crippen LogP contribution is 2.36. The molecule has 0 bridgehead atoms. The quantitative estimate of drug-likeness (QED) is 0.408. The summed E-state index contributed by atoms with van der Waals surface area (Å²) in [4.78, 5) is 30.2. The van der Waals surface area contributed by atoms with Crippen molar-refractivity contribution in [3.63, 3.8) is 0 Å². The Labute approximate surface area is 214 Å². The molecule has 2 atom stereocenters. The van der Waals surface area contributed by atoms with Crippen molar-refractivity contribution in [3.8, 4) is 0 Å². The predicted molar refractivity (Wildman–Crippen MR) is 146 cm³/mol. The fourth-order valence-corrected chi connectivity index (χ4v) is 5.43. The molecule has 36 heavy (non-hydrogen) atoms. The summed E-state index contributed by atoms with van der Waals surface area (Å²) in [6.45, 7) is 4.20. The van der Waals surface area contributed by atoms with Gasteiger partial charge in [0.05, 0.1) is 5.69 Å². The van der Waals surface area contributed by atoms with Crippen molar-refractivity contribution in [1.82, 2.24) is 4.90 Å². The van der Waals surface area contributed by atoms with Crippen LogP contribution in [0.25, 0.3) is 0 Å². The van der Waals surface area contributed by atoms with E-state index in [1.165, 1.54) is 16.0 Å². The highest BCUT2D eigenvalue weighted by atomic mass is 16.2. The summed E-state index contributed by atoms with van der Waals surface area (Å²) in [5.41, 5.74) is 3.34. The van der Waals surface area contributed by atoms with Gasteiger partial charge in [-0.1, -0.05) is 85.0 Å². The highest BCUT2D eigenvalue weighted by Gasteiger charge is 2.52. The molecule has 1 heterocycles. The van der Waals surface area contributed by atoms with Crippen molar-refractivity contribution in [3.05, 3.63) is 114 Å². The van der Waals surface area contributed by atoms with Gasteiger partial charge >= 0.3 is 6.03 Å². The van der Waals surface area contributed by atoms with Crippen LogP contribution in [0.5, 0.6) is 0 Å². The van der Waals surface area contributed by atoms with Crippen LogP contribution >= 0.6 is 0 Å². The minimum Gasteiger partial charge on any atom is -0.306 e. The second-order valence-corrected chi connectivity index (χ2v) is 10.5. The summed E-state index contributed by atoms with van der Waals surface area (Å²) >= 11 is 0. The Morgan fingerprint density at radius 1 is 0.861 bits per heavy atom. The van der Waals surface area contributed by atoms with Crippen LogP contribution in [0.4, 0.5) is 10.5 Å². The second-order valence-electron chi connectivity index (χ2n) is 10.5. The van der Waals surface area contributed by atoms with E-state index in [1.807, 2.05) is 56.3 Å². The van der Waals surface area contributed by atoms with Gasteiger partial charge in [-0.15, -0.1) is 0 Å². The summed E-state index contributed by atoms with van der Waals surface area (Å²) in [5, 5.41) is 0. The van der Waals surface area contributed by atoms with Crippen molar-refractivity contribution < 1.29 is 9.59 Å². The van der Waals surface area contributed by atoms with E-state index in [0.29, 0.717) is 24.1 Å². The van der Waals surface area contributed by atoms with Crippen LogP contribution in [-0.4, -0.2) is 28.9 Å². The van der Waals surface area contributed by atoms with Crippen LogP contribution in [0.1, 0.15) is 44.2 Å². The highest BCUT2D eigenvalue weighted by molar-refractivity contribution is 6.23. The van der Waals surface area contributed by atoms with Gasteiger partial charge < -0.3 is 4.90 Å². The number of benzene rings is 2. The molecule has 2 aromatic rings. The number of carbonyl (C=O) groups is 2. The lowest BCUT2D eigenvalue weighted by molar-refractivity contribution is -0.123. The third-order valence-electron chi connectivity index (χ3n) is 7.66. The van der Waals surface area contributed by atoms with Gasteiger partial charge in [-0.2, -0.15) is 0 Å². The summed E-state index contributed by atoms with van der Waals surface area (Å²) < 4.78 is 0. The Morgan fingerprint density at radius 3 is 2.31 bits per heavy atom. The van der Waals surface area contributed by atoms with Crippen molar-refractivity contribution in [2.45, 2.75) is 45.1 Å². The van der Waals surface area contributed by atoms with Gasteiger partial charge in [0, 0.05) is 6.54 Å². The van der Waals surface area contributed by atoms with E-state index in [1.54, 1.807) is 4.90 Å². The van der Waals surface area contributed by atoms with Gasteiger partial charge in [0.1, 0.15) is 5.54 Å². The summed E-state index contributed by atoms with van der Waals surface area (Å²) in [7, 11) is 0. The SMILES string of the molecule is CC1(C)C(=O)N(c2ccc(Cc3ccccc3)cc2)C(=O)N1CC1=CC=CCC1CC1C=CC=CC1. The standard InChI is InChI=1S/C32H34N2O2/c1-32(2)30(35)34(29-19-17-26(18-20-29)21-24-11-5-3-6-12-24)31(36)33(32)23-28-16-10-9-15-27(28)22-25-13-7-4-8-14-25/h3-13,16-20,25,27H,14-15,21-23H2,1-2H3. The molecule has 1 saturated heterocycles. The Balaban J connectivity index is 1.32. The Morgan fingerprint density at radius 2 is 1.58 bits per heavy atom. The van der Waals surface area contributed by atoms with Crippen molar-refractivity contribution in [2.24, 2.45) is 11.8 Å². The molecule has 1 fully saturated rings. The first kappa shape index (κ1) is 24.1. The van der Waals surface area contributed by atoms with Crippen LogP contribution in [0.2, 0.25) is 0 Å². The molecular weight excluding hydrogens is 444 g/mol. The zero-order valence-corrected chi connectivity index (χ0v) is 21.1. The van der Waals surface area contributed by atoms with E-state index in [-0.39, 0.29) is 11.9 Å². The Bertz CT molecular complexity index is 1230. The first-order valence-corrected chi connectivity index (χ1v) is 12.9. The summed E-state index contributed by atoms with van der Waals surface area (Å²) in [6, 6.07) is 17.8. The lowest BCUT2D eigenvalue weighted by Gasteiger charge is -2.33. The molecule has 2 unspecified atom stereocenters. The Kier molecular flexibility index (Phi) is 6.77. The van der Waals surface area contributed by atoms with Crippen LogP contribution in [0.15, 0.2) is 103 Å². The average Bonchev–Trinajstić information content (AvgIpc) is 3.06. The van der Waals surface area contributed by atoms with E-state index in [4.69, 9.17) is 0 Å². The molecule has 0 saturated carbocycles. The largest absolute Gasteiger partial charge is 0.332 e. The van der Waals surface area contributed by atoms with Gasteiger partial charge in [0.25, 0.3) is 5.91 Å². The first-order valence-electron chi connectivity index (χ1n) is 12.9. The maximum Gasteiger partial charge on any atom is 0.332 e. The topological polar surface area (TPSA) is 40.6 Å². The molecule has 0 aromatic heterocycles. The van der Waals surface area contributed by atoms with Crippen LogP contribution in [-0.2, 0) is 11.2 Å². The number of allylic oxidation sites excluding steroid dienone is 7. The number of hydrogen-bond acceptors (Lipinski definition) is 2. The molecule has 2 aliphatic carbocycles. The fourth-order valence-electron chi connectivity index (χ4n) is 5.43. The smallest absolute Gasteiger partial charge is 0.306 e. The number of carbonyl (C=O) groups excluding carboxylic acids is 2. The van der Waals surface area contributed by atoms with Crippen LogP contribution in [0, 0.1) is 11.8 Å². The zero-order chi connectivity index (χ0) is 25.1. The van der Waals surface area contributed by atoms with Gasteiger partial charge in [0.2, 0.25) is 0 Å². The molecule has 1 aliphatic heterocycles. The number of anilines is 1. The van der Waals surface area contributed by atoms with Gasteiger partial charge in [-0.3, -0.25) is 4.79 Å². The normalized spacial score (nSPS) is 22.9. The summed E-state index contributed by atoms with van der Waals surface area (Å²) in [6.07, 6.45) is 19.1. The zero-order valence-electron chi connectivity index (χ0n) is 21.1. The van der Waals surface area contributed by atoms with Crippen molar-refractivity contribution >= 4 is 17.6 Å². The van der Waals surface area contributed by atoms with E-state index in [0.717, 1.165) is 31.2 Å². The fraction of sp³-hybridized carbons (Fsp3) is 0.312. The number of imide groups is 1. The monoisotopic (exact) mass is 478 g/mol. The molecule has 0 spiro atoms. The van der Waals surface area contributed by atoms with Gasteiger partial charge in [-0.05, 0) is 80.2 Å². The third-order valence-corrected chi connectivity index (χ3v) is 7.66. The van der Waals surface area contributed by atoms with Gasteiger partial charge in [-0.25, -0.2) is 9.69 Å². The predicted octanol–water partition coefficient (Wildman–Crippen LogP) is 6.85. The number of rotatable bonds is 7. The molecule has 2 aromatic carbocycles. The Hall–Kier alpha value is -3.66. The molecule has 0 radical (unpaired) electrons. The molecule has 5 rings (SSSR count). The van der Waals surface area contributed by atoms with E-state index in [2.05, 4.69) is 54.7 Å². The third kappa shape index (κ3) is 4.86. The maximum absolute atomic E-state index is 13.6. The van der Waals surface area contributed by atoms with Crippen molar-refractivity contribution in [2.75, 3.05) is 11.4 Å². The second kappa shape index (κ2) is 10.1. The molecule has 3 aliphatic rings. The lowest BCUT2D eigenvalue weighted by atomic mass is 9.81. The maximum atomic E-state index is 13.6. The van der Waals surface area contributed by atoms with E-state index in [9.17, 15) is 9.59 Å². The van der Waals surface area contributed by atoms with Crippen molar-refractivity contribution in [1.29, 1.82) is 0 Å². The lowest BCUT2D eigenvalue weighted by Crippen LogP contribution is -2.45. The average molecular weight is 479 g/mol. The first-order chi connectivity index (χ1) is 17.4. The van der Waals surface area contributed by atoms with Gasteiger partial charge in [0.15, 0.2) is 0 Å². The number of nitrogens with zero attached hydrogens (tertiary/aromatic N) is 2.